The lowest BCUT2D eigenvalue weighted by molar-refractivity contribution is 0.106. The molecular formula is C16H17F2NO3. The number of ether oxygens (including phenoxy) is 1. The molecule has 0 saturated heterocycles. The van der Waals surface area contributed by atoms with Gasteiger partial charge in [-0.2, -0.15) is 0 Å². The molecule has 0 aromatic heterocycles. The minimum Gasteiger partial charge on any atom is -0.508 e. The summed E-state index contributed by atoms with van der Waals surface area (Å²) in [7, 11) is 0. The average Bonchev–Trinajstić information content (AvgIpc) is 2.48. The lowest BCUT2D eigenvalue weighted by Gasteiger charge is -2.13. The third-order valence-electron chi connectivity index (χ3n) is 2.95. The van der Waals surface area contributed by atoms with Crippen molar-refractivity contribution in [2.45, 2.75) is 12.6 Å². The Bertz CT molecular complexity index is 622. The Labute approximate surface area is 127 Å². The normalized spacial score (nSPS) is 12.1. The number of nitrogens with one attached hydrogen (secondary N) is 1. The molecule has 22 heavy (non-hydrogen) atoms. The van der Waals surface area contributed by atoms with E-state index in [4.69, 9.17) is 4.74 Å². The molecule has 0 aliphatic rings. The Morgan fingerprint density at radius 2 is 1.91 bits per heavy atom. The van der Waals surface area contributed by atoms with Gasteiger partial charge in [0.15, 0.2) is 11.6 Å². The van der Waals surface area contributed by atoms with Gasteiger partial charge in [-0.15, -0.1) is 0 Å². The first-order valence-corrected chi connectivity index (χ1v) is 6.79. The lowest BCUT2D eigenvalue weighted by Crippen LogP contribution is -2.31. The number of phenolic OH excluding ortho intramolecular Hbond substituents is 1. The van der Waals surface area contributed by atoms with Gasteiger partial charge in [0, 0.05) is 19.2 Å². The van der Waals surface area contributed by atoms with E-state index in [1.165, 1.54) is 6.07 Å². The van der Waals surface area contributed by atoms with E-state index < -0.39 is 17.7 Å². The molecule has 0 amide bonds. The molecule has 0 saturated carbocycles. The van der Waals surface area contributed by atoms with Crippen molar-refractivity contribution < 1.29 is 23.7 Å². The number of halogens is 2. The molecule has 118 valence electrons. The van der Waals surface area contributed by atoms with Crippen LogP contribution in [0.25, 0.3) is 0 Å². The Hall–Kier alpha value is -2.18. The van der Waals surface area contributed by atoms with Crippen LogP contribution in [0, 0.1) is 11.6 Å². The third-order valence-corrected chi connectivity index (χ3v) is 2.95. The molecule has 0 spiro atoms. The zero-order valence-electron chi connectivity index (χ0n) is 11.8. The van der Waals surface area contributed by atoms with E-state index in [0.717, 1.165) is 17.7 Å². The fourth-order valence-corrected chi connectivity index (χ4v) is 1.87. The maximum atomic E-state index is 13.0. The van der Waals surface area contributed by atoms with Crippen LogP contribution in [0.1, 0.15) is 5.56 Å². The zero-order chi connectivity index (χ0) is 15.9. The van der Waals surface area contributed by atoms with Gasteiger partial charge in [-0.25, -0.2) is 8.78 Å². The van der Waals surface area contributed by atoms with E-state index in [-0.39, 0.29) is 24.7 Å². The summed E-state index contributed by atoms with van der Waals surface area (Å²) in [6.07, 6.45) is -0.801. The fourth-order valence-electron chi connectivity index (χ4n) is 1.87. The molecule has 0 fully saturated rings. The highest BCUT2D eigenvalue weighted by atomic mass is 19.2. The van der Waals surface area contributed by atoms with Gasteiger partial charge in [0.2, 0.25) is 0 Å². The first-order chi connectivity index (χ1) is 10.5. The summed E-state index contributed by atoms with van der Waals surface area (Å²) >= 11 is 0. The molecule has 1 atom stereocenters. The minimum absolute atomic E-state index is 0.0435. The lowest BCUT2D eigenvalue weighted by atomic mass is 10.2. The summed E-state index contributed by atoms with van der Waals surface area (Å²) in [6, 6.07) is 9.97. The van der Waals surface area contributed by atoms with Crippen LogP contribution in [0.3, 0.4) is 0 Å². The second kappa shape index (κ2) is 7.72. The monoisotopic (exact) mass is 309 g/mol. The second-order valence-electron chi connectivity index (χ2n) is 4.84. The molecule has 3 N–H and O–H groups in total. The van der Waals surface area contributed by atoms with Crippen LogP contribution in [0.4, 0.5) is 8.78 Å². The third kappa shape index (κ3) is 4.98. The van der Waals surface area contributed by atoms with E-state index in [1.807, 2.05) is 6.07 Å². The molecule has 4 nitrogen and oxygen atoms in total. The van der Waals surface area contributed by atoms with Gasteiger partial charge in [-0.05, 0) is 29.8 Å². The predicted octanol–water partition coefficient (Wildman–Crippen LogP) is 2.20. The quantitative estimate of drug-likeness (QED) is 0.734. The van der Waals surface area contributed by atoms with Crippen molar-refractivity contribution >= 4 is 0 Å². The van der Waals surface area contributed by atoms with E-state index in [1.54, 1.807) is 18.2 Å². The molecule has 1 unspecified atom stereocenters. The summed E-state index contributed by atoms with van der Waals surface area (Å²) < 4.78 is 30.9. The van der Waals surface area contributed by atoms with Crippen molar-refractivity contribution in [3.63, 3.8) is 0 Å². The highest BCUT2D eigenvalue weighted by molar-refractivity contribution is 5.27. The SMILES string of the molecule is Oc1cccc(CNCC(O)COc2ccc(F)c(F)c2)c1. The van der Waals surface area contributed by atoms with Crippen LogP contribution in [0.5, 0.6) is 11.5 Å². The molecule has 2 rings (SSSR count). The molecule has 6 heteroatoms. The summed E-state index contributed by atoms with van der Waals surface area (Å²) in [4.78, 5) is 0. The minimum atomic E-state index is -0.992. The first-order valence-electron chi connectivity index (χ1n) is 6.79. The van der Waals surface area contributed by atoms with Crippen LogP contribution in [0.15, 0.2) is 42.5 Å². The van der Waals surface area contributed by atoms with E-state index in [0.29, 0.717) is 6.54 Å². The molecule has 2 aromatic rings. The van der Waals surface area contributed by atoms with Crippen molar-refractivity contribution in [1.82, 2.24) is 5.32 Å². The molecule has 0 bridgehead atoms. The van der Waals surface area contributed by atoms with Gasteiger partial charge in [0.05, 0.1) is 0 Å². The van der Waals surface area contributed by atoms with Crippen molar-refractivity contribution in [3.05, 3.63) is 59.7 Å². The molecule has 2 aromatic carbocycles. The van der Waals surface area contributed by atoms with Gasteiger partial charge in [0.25, 0.3) is 0 Å². The van der Waals surface area contributed by atoms with Crippen molar-refractivity contribution in [2.75, 3.05) is 13.2 Å². The van der Waals surface area contributed by atoms with Crippen molar-refractivity contribution in [1.29, 1.82) is 0 Å². The van der Waals surface area contributed by atoms with Gasteiger partial charge in [-0.3, -0.25) is 0 Å². The standard InChI is InChI=1S/C16H17F2NO3/c17-15-5-4-14(7-16(15)18)22-10-13(21)9-19-8-11-2-1-3-12(20)6-11/h1-7,13,19-21H,8-10H2. The average molecular weight is 309 g/mol. The Kier molecular flexibility index (Phi) is 5.68. The Morgan fingerprint density at radius 3 is 2.64 bits per heavy atom. The topological polar surface area (TPSA) is 61.7 Å². The zero-order valence-corrected chi connectivity index (χ0v) is 11.8. The fraction of sp³-hybridized carbons (Fsp3) is 0.250. The Balaban J connectivity index is 1.71. The predicted molar refractivity (Wildman–Crippen MR) is 77.7 cm³/mol. The van der Waals surface area contributed by atoms with E-state index in [9.17, 15) is 19.0 Å². The summed E-state index contributed by atoms with van der Waals surface area (Å²) in [6.45, 7) is 0.702. The molecule has 0 aliphatic heterocycles. The second-order valence-corrected chi connectivity index (χ2v) is 4.84. The smallest absolute Gasteiger partial charge is 0.162 e. The van der Waals surface area contributed by atoms with Gasteiger partial charge >= 0.3 is 0 Å². The van der Waals surface area contributed by atoms with Gasteiger partial charge in [-0.1, -0.05) is 12.1 Å². The Morgan fingerprint density at radius 1 is 1.09 bits per heavy atom. The van der Waals surface area contributed by atoms with Crippen LogP contribution in [0.2, 0.25) is 0 Å². The summed E-state index contributed by atoms with van der Waals surface area (Å²) in [5.41, 5.74) is 0.883. The highest BCUT2D eigenvalue weighted by Gasteiger charge is 2.07. The maximum absolute atomic E-state index is 13.0. The van der Waals surface area contributed by atoms with E-state index in [2.05, 4.69) is 5.32 Å². The number of benzene rings is 2. The van der Waals surface area contributed by atoms with Crippen molar-refractivity contribution in [3.8, 4) is 11.5 Å². The van der Waals surface area contributed by atoms with Crippen LogP contribution in [-0.2, 0) is 6.54 Å². The number of aliphatic hydroxyl groups excluding tert-OH is 1. The number of rotatable bonds is 7. The largest absolute Gasteiger partial charge is 0.508 e. The van der Waals surface area contributed by atoms with Crippen LogP contribution >= 0.6 is 0 Å². The molecular weight excluding hydrogens is 292 g/mol. The number of aromatic hydroxyl groups is 1. The summed E-state index contributed by atoms with van der Waals surface area (Å²) in [5.74, 6) is -1.60. The van der Waals surface area contributed by atoms with Crippen LogP contribution < -0.4 is 10.1 Å². The molecule has 0 radical (unpaired) electrons. The van der Waals surface area contributed by atoms with Crippen molar-refractivity contribution in [2.24, 2.45) is 0 Å². The first kappa shape index (κ1) is 16.2. The molecule has 0 heterocycles. The maximum Gasteiger partial charge on any atom is 0.162 e. The number of phenols is 1. The van der Waals surface area contributed by atoms with Crippen LogP contribution in [-0.4, -0.2) is 29.5 Å². The summed E-state index contributed by atoms with van der Waals surface area (Å²) in [5, 5.41) is 22.1. The van der Waals surface area contributed by atoms with Gasteiger partial charge in [0.1, 0.15) is 24.2 Å². The number of hydrogen-bond donors (Lipinski definition) is 3. The van der Waals surface area contributed by atoms with Gasteiger partial charge < -0.3 is 20.3 Å². The van der Waals surface area contributed by atoms with E-state index >= 15 is 0 Å². The number of hydrogen-bond acceptors (Lipinski definition) is 4. The molecule has 0 aliphatic carbocycles. The number of aliphatic hydroxyl groups is 1. The highest BCUT2D eigenvalue weighted by Crippen LogP contribution is 2.15.